The maximum absolute atomic E-state index is 4.93. The Balaban J connectivity index is 0.000000646. The molecule has 0 heterocycles. The molecule has 0 aliphatic heterocycles. The van der Waals surface area contributed by atoms with Gasteiger partial charge in [-0.05, 0) is 50.6 Å². The Morgan fingerprint density at radius 3 is 2.26 bits per heavy atom. The van der Waals surface area contributed by atoms with E-state index in [-0.39, 0.29) is 5.41 Å². The second-order valence-corrected chi connectivity index (χ2v) is 11.9. The molecule has 2 aliphatic carbocycles. The Labute approximate surface area is 202 Å². The van der Waals surface area contributed by atoms with Crippen molar-refractivity contribution >= 4 is 33.9 Å². The van der Waals surface area contributed by atoms with Gasteiger partial charge in [-0.1, -0.05) is 104 Å². The summed E-state index contributed by atoms with van der Waals surface area (Å²) in [6.07, 6.45) is 4.78. The van der Waals surface area contributed by atoms with Gasteiger partial charge in [-0.25, -0.2) is 0 Å². The van der Waals surface area contributed by atoms with Crippen LogP contribution in [0.25, 0.3) is 16.8 Å². The van der Waals surface area contributed by atoms with Crippen LogP contribution < -0.4 is 0 Å². The van der Waals surface area contributed by atoms with E-state index < -0.39 is 20.8 Å². The van der Waals surface area contributed by atoms with Crippen molar-refractivity contribution in [3.8, 4) is 0 Å². The molecule has 31 heavy (non-hydrogen) atoms. The van der Waals surface area contributed by atoms with Crippen molar-refractivity contribution < 1.29 is 20.8 Å². The average Bonchev–Trinajstić information content (AvgIpc) is 3.33. The molecule has 3 unspecified atom stereocenters. The van der Waals surface area contributed by atoms with Crippen molar-refractivity contribution in [2.24, 2.45) is 0 Å². The number of hydrogen-bond acceptors (Lipinski definition) is 0. The van der Waals surface area contributed by atoms with Gasteiger partial charge < -0.3 is 0 Å². The molecule has 1 radical (unpaired) electrons. The van der Waals surface area contributed by atoms with Gasteiger partial charge in [-0.15, -0.1) is 0 Å². The number of benzene rings is 4. The summed E-state index contributed by atoms with van der Waals surface area (Å²) in [4.78, 5) is 0. The first-order chi connectivity index (χ1) is 15.2. The summed E-state index contributed by atoms with van der Waals surface area (Å²) in [5.41, 5.74) is 6.92. The summed E-state index contributed by atoms with van der Waals surface area (Å²) in [5, 5.41) is 2.82. The summed E-state index contributed by atoms with van der Waals surface area (Å²) < 4.78 is 0. The summed E-state index contributed by atoms with van der Waals surface area (Å²) in [7, 11) is 9.87. The van der Waals surface area contributed by atoms with Gasteiger partial charge in [-0.2, -0.15) is 0 Å². The second kappa shape index (κ2) is 8.70. The van der Waals surface area contributed by atoms with Gasteiger partial charge in [0.1, 0.15) is 0 Å². The molecule has 6 rings (SSSR count). The molecule has 0 N–H and O–H groups in total. The monoisotopic (exact) mass is 517 g/mol. The van der Waals surface area contributed by atoms with Gasteiger partial charge in [0, 0.05) is 11.3 Å². The van der Waals surface area contributed by atoms with Gasteiger partial charge in [0.05, 0.1) is 0 Å². The predicted octanol–water partition coefficient (Wildman–Crippen LogP) is 8.23. The van der Waals surface area contributed by atoms with E-state index >= 15 is 0 Å². The van der Waals surface area contributed by atoms with Crippen molar-refractivity contribution in [2.45, 2.75) is 24.2 Å². The molecule has 0 spiro atoms. The summed E-state index contributed by atoms with van der Waals surface area (Å²) in [6.45, 7) is 2.41. The van der Waals surface area contributed by atoms with E-state index in [1.807, 2.05) is 0 Å². The number of fused-ring (bicyclic) bond motifs is 1. The van der Waals surface area contributed by atoms with E-state index in [0.717, 1.165) is 0 Å². The normalized spacial score (nSPS) is 22.7. The first-order valence-corrected chi connectivity index (χ1v) is 16.8. The fraction of sp³-hybridized carbons (Fsp3) is 0.143. The number of hydrogen-bond donors (Lipinski definition) is 0. The average molecular weight is 520 g/mol. The fourth-order valence-corrected chi connectivity index (χ4v) is 5.82. The van der Waals surface area contributed by atoms with Crippen molar-refractivity contribution in [2.75, 3.05) is 0 Å². The van der Waals surface area contributed by atoms with Gasteiger partial charge >= 0.3 is 37.9 Å². The van der Waals surface area contributed by atoms with Gasteiger partial charge in [0.2, 0.25) is 0 Å². The van der Waals surface area contributed by atoms with Crippen LogP contribution in [0.2, 0.25) is 0 Å². The van der Waals surface area contributed by atoms with Crippen molar-refractivity contribution in [1.29, 1.82) is 0 Å². The van der Waals surface area contributed by atoms with E-state index in [2.05, 4.69) is 110 Å². The molecule has 4 aromatic carbocycles. The van der Waals surface area contributed by atoms with Gasteiger partial charge in [0.15, 0.2) is 0 Å². The second-order valence-electron chi connectivity index (χ2n) is 8.21. The summed E-state index contributed by atoms with van der Waals surface area (Å²) >= 11 is -0.826. The Hall–Kier alpha value is -1.66. The quantitative estimate of drug-likeness (QED) is 0.250. The van der Waals surface area contributed by atoms with E-state index in [0.29, 0.717) is 11.8 Å². The van der Waals surface area contributed by atoms with Crippen LogP contribution in [0.1, 0.15) is 46.6 Å². The van der Waals surface area contributed by atoms with Crippen molar-refractivity contribution in [3.05, 3.63) is 125 Å². The van der Waals surface area contributed by atoms with Gasteiger partial charge in [-0.3, -0.25) is 0 Å². The van der Waals surface area contributed by atoms with Crippen LogP contribution in [-0.4, -0.2) is 0 Å². The van der Waals surface area contributed by atoms with Crippen molar-refractivity contribution in [1.82, 2.24) is 0 Å². The van der Waals surface area contributed by atoms with Crippen LogP contribution in [0, 0.1) is 6.07 Å². The van der Waals surface area contributed by atoms with Crippen LogP contribution >= 0.6 is 17.0 Å². The molecule has 0 nitrogen and oxygen atoms in total. The molecule has 3 heteroatoms. The zero-order valence-electron chi connectivity index (χ0n) is 17.1. The first kappa shape index (κ1) is 21.2. The molecular weight excluding hydrogens is 498 g/mol. The van der Waals surface area contributed by atoms with Crippen LogP contribution in [-0.2, 0) is 26.3 Å². The Morgan fingerprint density at radius 1 is 0.839 bits per heavy atom. The molecule has 0 fully saturated rings. The Bertz CT molecular complexity index is 1260. The van der Waals surface area contributed by atoms with Gasteiger partial charge in [0.25, 0.3) is 0 Å². The Morgan fingerprint density at radius 2 is 1.52 bits per heavy atom. The fourth-order valence-electron chi connectivity index (χ4n) is 5.82. The van der Waals surface area contributed by atoms with E-state index in [9.17, 15) is 0 Å². The number of rotatable bonds is 2. The minimum absolute atomic E-state index is 0.154. The van der Waals surface area contributed by atoms with E-state index in [1.54, 1.807) is 0 Å². The van der Waals surface area contributed by atoms with E-state index in [1.165, 1.54) is 38.6 Å². The van der Waals surface area contributed by atoms with Crippen LogP contribution in [0.4, 0.5) is 0 Å². The maximum atomic E-state index is 4.93. The number of allylic oxidation sites excluding steroid dienone is 1. The SMILES string of the molecule is CC1c2cccc3cccc(c23)C1C1(c2cc[c]cc2)C=Cc2ccccc21.[Cl][Zr][Cl]. The first-order valence-electron chi connectivity index (χ1n) is 10.5. The third kappa shape index (κ3) is 3.29. The third-order valence-corrected chi connectivity index (χ3v) is 6.91. The molecule has 2 aliphatic rings. The Kier molecular flexibility index (Phi) is 5.95. The van der Waals surface area contributed by atoms with Crippen LogP contribution in [0.5, 0.6) is 0 Å². The summed E-state index contributed by atoms with van der Waals surface area (Å²) in [5.74, 6) is 0.817. The predicted molar refractivity (Wildman–Crippen MR) is 128 cm³/mol. The standard InChI is InChI=1S/C28H21.2ClH.Zr/c1-19-23-14-7-10-21-11-8-15-24(26(21)23)27(19)28(22-12-3-2-4-13-22)18-17-20-9-5-6-16-25(20)28;;;/h3-19,27H,1H3;2*1H;/q;;;+2/p-2. The molecule has 3 atom stereocenters. The molecule has 0 saturated carbocycles. The van der Waals surface area contributed by atoms with Crippen LogP contribution in [0.15, 0.2) is 91.0 Å². The topological polar surface area (TPSA) is 0 Å². The van der Waals surface area contributed by atoms with Crippen molar-refractivity contribution in [3.63, 3.8) is 0 Å². The molecule has 0 amide bonds. The zero-order valence-corrected chi connectivity index (χ0v) is 21.1. The molecule has 0 saturated heterocycles. The molecule has 151 valence electrons. The summed E-state index contributed by atoms with van der Waals surface area (Å²) in [6, 6.07) is 34.3. The number of halogens is 2. The third-order valence-electron chi connectivity index (χ3n) is 6.91. The van der Waals surface area contributed by atoms with E-state index in [4.69, 9.17) is 17.0 Å². The molecule has 4 aromatic rings. The minimum atomic E-state index is -0.826. The molecular formula is C28H21Cl2Zr. The molecule has 0 bridgehead atoms. The zero-order chi connectivity index (χ0) is 21.4. The van der Waals surface area contributed by atoms with Crippen LogP contribution in [0.3, 0.4) is 0 Å². The molecule has 0 aromatic heterocycles.